The molecule has 11 heteroatoms. The van der Waals surface area contributed by atoms with Crippen molar-refractivity contribution in [3.63, 3.8) is 0 Å². The van der Waals surface area contributed by atoms with Crippen molar-refractivity contribution in [2.45, 2.75) is 44.2 Å². The van der Waals surface area contributed by atoms with Crippen LogP contribution in [0.5, 0.6) is 0 Å². The van der Waals surface area contributed by atoms with Gasteiger partial charge in [-0.3, -0.25) is 4.79 Å². The van der Waals surface area contributed by atoms with Crippen LogP contribution in [0.15, 0.2) is 46.3 Å². The van der Waals surface area contributed by atoms with E-state index in [9.17, 15) is 13.2 Å². The van der Waals surface area contributed by atoms with Gasteiger partial charge in [0.15, 0.2) is 4.80 Å². The normalized spacial score (nSPS) is 16.9. The molecule has 1 aliphatic rings. The topological polar surface area (TPSA) is 90.2 Å². The summed E-state index contributed by atoms with van der Waals surface area (Å²) in [5.74, 6) is -0.461. The fourth-order valence-electron chi connectivity index (χ4n) is 4.18. The third-order valence-electron chi connectivity index (χ3n) is 6.13. The predicted molar refractivity (Wildman–Crippen MR) is 141 cm³/mol. The largest absolute Gasteiger partial charge is 0.380 e. The fourth-order valence-corrected chi connectivity index (χ4v) is 6.79. The molecule has 1 atom stereocenters. The second-order valence-electron chi connectivity index (χ2n) is 8.64. The number of aryl methyl sites for hydroxylation is 1. The molecule has 2 aromatic carbocycles. The number of nitrogens with zero attached hydrogens (tertiary/aromatic N) is 3. The summed E-state index contributed by atoms with van der Waals surface area (Å²) in [5.41, 5.74) is 2.25. The number of rotatable bonds is 9. The third-order valence-corrected chi connectivity index (χ3v) is 9.51. The number of hydrogen-bond donors (Lipinski definition) is 0. The van der Waals surface area contributed by atoms with Gasteiger partial charge >= 0.3 is 0 Å². The maximum Gasteiger partial charge on any atom is 0.279 e. The molecule has 1 aromatic heterocycles. The number of benzene rings is 2. The lowest BCUT2D eigenvalue weighted by Gasteiger charge is -2.20. The van der Waals surface area contributed by atoms with Crippen molar-refractivity contribution in [2.24, 2.45) is 4.99 Å². The highest BCUT2D eigenvalue weighted by Crippen LogP contribution is 2.29. The molecule has 0 saturated carbocycles. The first kappa shape index (κ1) is 27.0. The smallest absolute Gasteiger partial charge is 0.279 e. The van der Waals surface area contributed by atoms with Crippen molar-refractivity contribution in [3.05, 3.63) is 57.3 Å². The second-order valence-corrected chi connectivity index (χ2v) is 12.1. The molecule has 1 aliphatic heterocycles. The number of thiazole rings is 1. The van der Waals surface area contributed by atoms with Crippen molar-refractivity contribution in [1.29, 1.82) is 0 Å². The molecule has 194 valence electrons. The zero-order chi connectivity index (χ0) is 25.9. The summed E-state index contributed by atoms with van der Waals surface area (Å²) in [6, 6.07) is 9.65. The molecule has 0 bridgehead atoms. The first-order valence-corrected chi connectivity index (χ1v) is 14.5. The number of hydrogen-bond acceptors (Lipinski definition) is 6. The van der Waals surface area contributed by atoms with Crippen LogP contribution in [0.4, 0.5) is 0 Å². The van der Waals surface area contributed by atoms with E-state index in [1.165, 1.54) is 39.9 Å². The number of fused-ring (bicyclic) bond motifs is 1. The zero-order valence-electron chi connectivity index (χ0n) is 20.6. The van der Waals surface area contributed by atoms with E-state index >= 15 is 0 Å². The van der Waals surface area contributed by atoms with Crippen molar-refractivity contribution in [2.75, 3.05) is 33.4 Å². The van der Waals surface area contributed by atoms with Gasteiger partial charge in [-0.05, 0) is 62.6 Å². The number of halogens is 1. The van der Waals surface area contributed by atoms with Gasteiger partial charge in [0.25, 0.3) is 5.91 Å². The lowest BCUT2D eigenvalue weighted by Crippen LogP contribution is -2.34. The number of amides is 1. The fraction of sp³-hybridized carbons (Fsp3) is 0.440. The van der Waals surface area contributed by atoms with E-state index in [-0.39, 0.29) is 11.0 Å². The van der Waals surface area contributed by atoms with E-state index in [4.69, 9.17) is 21.1 Å². The number of sulfonamides is 1. The van der Waals surface area contributed by atoms with Crippen molar-refractivity contribution in [3.8, 4) is 0 Å². The van der Waals surface area contributed by atoms with Crippen molar-refractivity contribution >= 4 is 49.1 Å². The highest BCUT2D eigenvalue weighted by atomic mass is 35.5. The predicted octanol–water partition coefficient (Wildman–Crippen LogP) is 4.24. The molecule has 2 heterocycles. The van der Waals surface area contributed by atoms with Crippen LogP contribution in [-0.4, -0.2) is 62.7 Å². The third kappa shape index (κ3) is 5.74. The molecule has 4 rings (SSSR count). The van der Waals surface area contributed by atoms with Crippen LogP contribution in [0.1, 0.15) is 35.7 Å². The number of likely N-dealkylation sites (N-methyl/N-ethyl adjacent to an activating group) is 1. The standard InChI is InChI=1S/C25H30ClN3O5S2/c1-4-33-15-13-29-22-17(2)7-12-21(26)23(22)35-25(29)27-24(30)18-8-10-20(11-9-18)36(31,32)28(3)16-19-6-5-14-34-19/h7-12,19H,4-6,13-16H2,1-3H3. The second kappa shape index (κ2) is 11.5. The Kier molecular flexibility index (Phi) is 8.64. The van der Waals surface area contributed by atoms with E-state index in [0.717, 1.165) is 28.6 Å². The van der Waals surface area contributed by atoms with E-state index in [1.807, 2.05) is 30.5 Å². The SMILES string of the molecule is CCOCCn1c(=NC(=O)c2ccc(S(=O)(=O)N(C)CC3CCCO3)cc2)sc2c(Cl)ccc(C)c21. The van der Waals surface area contributed by atoms with Crippen LogP contribution in [-0.2, 0) is 26.0 Å². The van der Waals surface area contributed by atoms with Gasteiger partial charge in [-0.2, -0.15) is 9.30 Å². The molecular formula is C25H30ClN3O5S2. The maximum absolute atomic E-state index is 13.1. The first-order chi connectivity index (χ1) is 17.2. The molecule has 0 aliphatic carbocycles. The summed E-state index contributed by atoms with van der Waals surface area (Å²) in [6.07, 6.45) is 1.70. The zero-order valence-corrected chi connectivity index (χ0v) is 23.0. The van der Waals surface area contributed by atoms with Crippen molar-refractivity contribution < 1.29 is 22.7 Å². The highest BCUT2D eigenvalue weighted by Gasteiger charge is 2.26. The Morgan fingerprint density at radius 3 is 2.69 bits per heavy atom. The molecule has 0 radical (unpaired) electrons. The number of aromatic nitrogens is 1. The molecule has 36 heavy (non-hydrogen) atoms. The quantitative estimate of drug-likeness (QED) is 0.371. The lowest BCUT2D eigenvalue weighted by atomic mass is 10.2. The van der Waals surface area contributed by atoms with E-state index in [1.54, 1.807) is 7.05 Å². The van der Waals surface area contributed by atoms with Crippen LogP contribution in [0, 0.1) is 6.92 Å². The summed E-state index contributed by atoms with van der Waals surface area (Å²) in [5, 5.41) is 0.598. The summed E-state index contributed by atoms with van der Waals surface area (Å²) < 4.78 is 41.1. The number of ether oxygens (including phenoxy) is 2. The summed E-state index contributed by atoms with van der Waals surface area (Å²) in [6.45, 7) is 6.47. The molecule has 0 spiro atoms. The molecule has 1 amide bonds. The van der Waals surface area contributed by atoms with Gasteiger partial charge in [-0.25, -0.2) is 8.42 Å². The maximum atomic E-state index is 13.1. The summed E-state index contributed by atoms with van der Waals surface area (Å²) >= 11 is 7.78. The average molecular weight is 552 g/mol. The minimum absolute atomic E-state index is 0.0858. The first-order valence-electron chi connectivity index (χ1n) is 11.9. The van der Waals surface area contributed by atoms with Crippen LogP contribution in [0.2, 0.25) is 5.02 Å². The number of carbonyl (C=O) groups is 1. The highest BCUT2D eigenvalue weighted by molar-refractivity contribution is 7.89. The van der Waals surface area contributed by atoms with E-state index in [0.29, 0.717) is 48.3 Å². The molecule has 1 unspecified atom stereocenters. The molecular weight excluding hydrogens is 522 g/mol. The van der Waals surface area contributed by atoms with Gasteiger partial charge in [0, 0.05) is 38.9 Å². The molecule has 1 fully saturated rings. The molecule has 0 N–H and O–H groups in total. The Labute approximate surface area is 220 Å². The van der Waals surface area contributed by atoms with Gasteiger partial charge in [-0.15, -0.1) is 0 Å². The molecule has 3 aromatic rings. The van der Waals surface area contributed by atoms with E-state index < -0.39 is 15.9 Å². The Morgan fingerprint density at radius 1 is 1.28 bits per heavy atom. The average Bonchev–Trinajstić information content (AvgIpc) is 3.50. The Morgan fingerprint density at radius 2 is 2.03 bits per heavy atom. The van der Waals surface area contributed by atoms with E-state index in [2.05, 4.69) is 4.99 Å². The van der Waals surface area contributed by atoms with Crippen LogP contribution >= 0.6 is 22.9 Å². The minimum Gasteiger partial charge on any atom is -0.380 e. The Bertz CT molecular complexity index is 1410. The minimum atomic E-state index is -3.69. The van der Waals surface area contributed by atoms with Gasteiger partial charge in [-0.1, -0.05) is 29.0 Å². The Hall–Kier alpha value is -2.08. The van der Waals surface area contributed by atoms with Gasteiger partial charge in [0.05, 0.1) is 32.8 Å². The van der Waals surface area contributed by atoms with Crippen molar-refractivity contribution in [1.82, 2.24) is 8.87 Å². The summed E-state index contributed by atoms with van der Waals surface area (Å²) in [7, 11) is -2.15. The van der Waals surface area contributed by atoms with Crippen LogP contribution in [0.25, 0.3) is 10.2 Å². The van der Waals surface area contributed by atoms with Gasteiger partial charge in [0.2, 0.25) is 10.0 Å². The lowest BCUT2D eigenvalue weighted by molar-refractivity contribution is 0.0979. The molecule has 1 saturated heterocycles. The van der Waals surface area contributed by atoms with Crippen LogP contribution < -0.4 is 4.80 Å². The van der Waals surface area contributed by atoms with Gasteiger partial charge in [0.1, 0.15) is 0 Å². The molecule has 8 nitrogen and oxygen atoms in total. The van der Waals surface area contributed by atoms with Gasteiger partial charge < -0.3 is 14.0 Å². The number of carbonyl (C=O) groups excluding carboxylic acids is 1. The van der Waals surface area contributed by atoms with Crippen LogP contribution in [0.3, 0.4) is 0 Å². The Balaban J connectivity index is 1.62. The monoisotopic (exact) mass is 551 g/mol. The summed E-state index contributed by atoms with van der Waals surface area (Å²) in [4.78, 5) is 18.1.